The van der Waals surface area contributed by atoms with Gasteiger partial charge in [-0.05, 0) is 25.5 Å². The number of aliphatic carboxylic acids is 2. The van der Waals surface area contributed by atoms with E-state index in [0.29, 0.717) is 23.5 Å². The van der Waals surface area contributed by atoms with Crippen LogP contribution in [-0.4, -0.2) is 73.1 Å². The van der Waals surface area contributed by atoms with Gasteiger partial charge in [0.25, 0.3) is 0 Å². The van der Waals surface area contributed by atoms with Crippen molar-refractivity contribution in [1.29, 1.82) is 0 Å². The highest BCUT2D eigenvalue weighted by atomic mass is 35.5. The Morgan fingerprint density at radius 2 is 1.47 bits per heavy atom. The number of nitrogens with zero attached hydrogens (tertiary/aromatic N) is 1. The first-order valence-corrected chi connectivity index (χ1v) is 10.6. The lowest BCUT2D eigenvalue weighted by Crippen LogP contribution is -2.47. The molecule has 0 saturated carbocycles. The molecule has 0 atom stereocenters. The molecule has 1 aliphatic heterocycles. The van der Waals surface area contributed by atoms with Crippen LogP contribution in [0.15, 0.2) is 46.8 Å². The Bertz CT molecular complexity index is 869. The molecule has 32 heavy (non-hydrogen) atoms. The Kier molecular flexibility index (Phi) is 9.23. The van der Waals surface area contributed by atoms with Gasteiger partial charge in [-0.2, -0.15) is 0 Å². The van der Waals surface area contributed by atoms with Crippen molar-refractivity contribution in [2.24, 2.45) is 11.5 Å². The summed E-state index contributed by atoms with van der Waals surface area (Å²) in [7, 11) is 0. The van der Waals surface area contributed by atoms with Crippen LogP contribution in [-0.2, 0) is 24.5 Å². The minimum atomic E-state index is -1.58. The van der Waals surface area contributed by atoms with Crippen LogP contribution in [0.5, 0.6) is 0 Å². The predicted octanol–water partition coefficient (Wildman–Crippen LogP) is 1.56. The first-order chi connectivity index (χ1) is 15.2. The fourth-order valence-corrected chi connectivity index (χ4v) is 4.46. The van der Waals surface area contributed by atoms with E-state index >= 15 is 0 Å². The average Bonchev–Trinajstić information content (AvgIpc) is 2.73. The molecule has 6 N–H and O–H groups in total. The average molecular weight is 468 g/mol. The van der Waals surface area contributed by atoms with Gasteiger partial charge in [-0.25, -0.2) is 9.59 Å². The van der Waals surface area contributed by atoms with Gasteiger partial charge < -0.3 is 36.1 Å². The number of carboxylic acid groups (broad SMARTS) is 2. The number of benzene rings is 1. The summed E-state index contributed by atoms with van der Waals surface area (Å²) in [6.45, 7) is 4.45. The SMILES string of the molecule is CCN1C(COCCN)=C(C(=O)O)C(C)(c2ccccc2Cl)C(C(=O)O)=C1COCCN. The molecule has 1 aromatic carbocycles. The highest BCUT2D eigenvalue weighted by Crippen LogP contribution is 2.49. The lowest BCUT2D eigenvalue weighted by molar-refractivity contribution is -0.134. The van der Waals surface area contributed by atoms with Gasteiger partial charge in [-0.15, -0.1) is 0 Å². The van der Waals surface area contributed by atoms with Crippen molar-refractivity contribution in [2.75, 3.05) is 46.1 Å². The van der Waals surface area contributed by atoms with Crippen molar-refractivity contribution in [3.05, 3.63) is 57.4 Å². The predicted molar refractivity (Wildman–Crippen MR) is 120 cm³/mol. The van der Waals surface area contributed by atoms with Crippen molar-refractivity contribution >= 4 is 23.5 Å². The van der Waals surface area contributed by atoms with Crippen LogP contribution < -0.4 is 11.5 Å². The van der Waals surface area contributed by atoms with E-state index < -0.39 is 17.4 Å². The van der Waals surface area contributed by atoms with E-state index in [2.05, 4.69) is 0 Å². The number of hydrogen-bond donors (Lipinski definition) is 4. The largest absolute Gasteiger partial charge is 0.478 e. The van der Waals surface area contributed by atoms with Crippen LogP contribution in [0.25, 0.3) is 0 Å². The molecular weight excluding hydrogens is 438 g/mol. The van der Waals surface area contributed by atoms with Crippen LogP contribution >= 0.6 is 11.6 Å². The maximum absolute atomic E-state index is 12.6. The number of rotatable bonds is 12. The first-order valence-electron chi connectivity index (χ1n) is 10.3. The minimum absolute atomic E-state index is 0.0694. The highest BCUT2D eigenvalue weighted by molar-refractivity contribution is 6.31. The highest BCUT2D eigenvalue weighted by Gasteiger charge is 2.51. The Balaban J connectivity index is 2.90. The zero-order chi connectivity index (χ0) is 23.9. The van der Waals surface area contributed by atoms with Crippen molar-refractivity contribution in [3.63, 3.8) is 0 Å². The summed E-state index contributed by atoms with van der Waals surface area (Å²) in [5.74, 6) is -2.53. The molecule has 0 radical (unpaired) electrons. The number of halogens is 1. The standard InChI is InChI=1S/C22H30ClN3O6/c1-3-26-16(12-31-10-8-24)18(20(27)28)22(2,14-6-4-5-7-15(14)23)19(21(29)30)17(26)13-32-11-9-25/h4-7H,3,8-13,24-25H2,1-2H3,(H,27,28)(H,29,30). The van der Waals surface area contributed by atoms with Crippen molar-refractivity contribution in [3.8, 4) is 0 Å². The van der Waals surface area contributed by atoms with Gasteiger partial charge in [0.1, 0.15) is 0 Å². The van der Waals surface area contributed by atoms with Crippen LogP contribution in [0.3, 0.4) is 0 Å². The van der Waals surface area contributed by atoms with E-state index in [-0.39, 0.29) is 55.7 Å². The third-order valence-electron chi connectivity index (χ3n) is 5.39. The molecule has 0 spiro atoms. The Hall–Kier alpha value is -2.43. The van der Waals surface area contributed by atoms with Crippen LogP contribution in [0.1, 0.15) is 19.4 Å². The molecule has 9 nitrogen and oxygen atoms in total. The number of carboxylic acids is 2. The maximum Gasteiger partial charge on any atom is 0.334 e. The molecule has 0 bridgehead atoms. The van der Waals surface area contributed by atoms with E-state index in [9.17, 15) is 19.8 Å². The van der Waals surface area contributed by atoms with Gasteiger partial charge >= 0.3 is 11.9 Å². The van der Waals surface area contributed by atoms with Crippen LogP contribution in [0, 0.1) is 0 Å². The fraction of sp³-hybridized carbons (Fsp3) is 0.455. The van der Waals surface area contributed by atoms with Crippen LogP contribution in [0.2, 0.25) is 5.02 Å². The number of carbonyl (C=O) groups is 2. The van der Waals surface area contributed by atoms with Gasteiger partial charge in [0.2, 0.25) is 0 Å². The van der Waals surface area contributed by atoms with E-state index in [1.165, 1.54) is 0 Å². The Labute approximate surface area is 192 Å². The molecule has 10 heteroatoms. The summed E-state index contributed by atoms with van der Waals surface area (Å²) in [6, 6.07) is 6.61. The Morgan fingerprint density at radius 3 is 1.84 bits per heavy atom. The fourth-order valence-electron chi connectivity index (χ4n) is 4.13. The number of ether oxygens (including phenoxy) is 2. The van der Waals surface area contributed by atoms with Crippen molar-refractivity contribution in [2.45, 2.75) is 19.3 Å². The topological polar surface area (TPSA) is 148 Å². The summed E-state index contributed by atoms with van der Waals surface area (Å²) < 4.78 is 11.2. The van der Waals surface area contributed by atoms with Gasteiger partial charge in [0.15, 0.2) is 0 Å². The molecule has 0 saturated heterocycles. The van der Waals surface area contributed by atoms with E-state index in [4.69, 9.17) is 32.5 Å². The van der Waals surface area contributed by atoms with E-state index in [1.54, 1.807) is 43.0 Å². The molecule has 1 aliphatic rings. The molecule has 0 unspecified atom stereocenters. The summed E-state index contributed by atoms with van der Waals surface area (Å²) in [4.78, 5) is 26.9. The van der Waals surface area contributed by atoms with Crippen molar-refractivity contribution in [1.82, 2.24) is 4.90 Å². The Morgan fingerprint density at radius 1 is 1.00 bits per heavy atom. The summed E-state index contributed by atoms with van der Waals surface area (Å²) in [5, 5.41) is 20.8. The number of hydrogen-bond acceptors (Lipinski definition) is 7. The second kappa shape index (κ2) is 11.4. The molecule has 176 valence electrons. The van der Waals surface area contributed by atoms with E-state index in [1.807, 2.05) is 0 Å². The molecule has 1 aromatic rings. The molecule has 0 amide bonds. The van der Waals surface area contributed by atoms with Crippen molar-refractivity contribution < 1.29 is 29.3 Å². The zero-order valence-corrected chi connectivity index (χ0v) is 19.0. The van der Waals surface area contributed by atoms with Gasteiger partial charge in [-0.3, -0.25) is 0 Å². The first kappa shape index (κ1) is 25.8. The molecule has 0 fully saturated rings. The summed E-state index contributed by atoms with van der Waals surface area (Å²) in [6.07, 6.45) is 0. The van der Waals surface area contributed by atoms with Gasteiger partial charge in [-0.1, -0.05) is 29.8 Å². The monoisotopic (exact) mass is 467 g/mol. The molecule has 0 aromatic heterocycles. The minimum Gasteiger partial charge on any atom is -0.478 e. The lowest BCUT2D eigenvalue weighted by atomic mass is 9.66. The quantitative estimate of drug-likeness (QED) is 0.336. The zero-order valence-electron chi connectivity index (χ0n) is 18.3. The van der Waals surface area contributed by atoms with E-state index in [0.717, 1.165) is 0 Å². The molecule has 0 aliphatic carbocycles. The summed E-state index contributed by atoms with van der Waals surface area (Å²) >= 11 is 6.47. The van der Waals surface area contributed by atoms with Gasteiger partial charge in [0, 0.05) is 24.7 Å². The second-order valence-corrected chi connectivity index (χ2v) is 7.69. The number of nitrogens with two attached hydrogens (primary N) is 2. The summed E-state index contributed by atoms with van der Waals surface area (Å²) in [5.41, 5.74) is 10.3. The normalized spacial score (nSPS) is 16.0. The molecule has 1 heterocycles. The number of likely N-dealkylation sites (N-methyl/N-ethyl adjacent to an activating group) is 1. The smallest absolute Gasteiger partial charge is 0.334 e. The van der Waals surface area contributed by atoms with Crippen LogP contribution in [0.4, 0.5) is 0 Å². The third kappa shape index (κ3) is 4.97. The molecule has 2 rings (SSSR count). The maximum atomic E-state index is 12.6. The molecular formula is C22H30ClN3O6. The second-order valence-electron chi connectivity index (χ2n) is 7.29. The lowest BCUT2D eigenvalue weighted by Gasteiger charge is -2.44. The third-order valence-corrected chi connectivity index (χ3v) is 5.72. The van der Waals surface area contributed by atoms with Gasteiger partial charge in [0.05, 0.1) is 54.4 Å².